The van der Waals surface area contributed by atoms with Crippen LogP contribution in [0.15, 0.2) is 26.3 Å². The second kappa shape index (κ2) is 6.14. The molecule has 3 N–H and O–H groups in total. The third-order valence-electron chi connectivity index (χ3n) is 3.52. The molecule has 1 saturated heterocycles. The number of carbonyl (C=O) groups excluding carboxylic acids is 3. The van der Waals surface area contributed by atoms with Crippen LogP contribution in [0.1, 0.15) is 18.9 Å². The van der Waals surface area contributed by atoms with Gasteiger partial charge in [-0.2, -0.15) is 4.99 Å². The molecule has 2 amide bonds. The minimum atomic E-state index is -0.967. The van der Waals surface area contributed by atoms with Crippen molar-refractivity contribution in [1.82, 2.24) is 9.88 Å². The molecular formula is C13H12N6O6. The lowest BCUT2D eigenvalue weighted by atomic mass is 10.1. The Morgan fingerprint density at radius 1 is 1.40 bits per heavy atom. The van der Waals surface area contributed by atoms with Crippen LogP contribution in [-0.4, -0.2) is 51.5 Å². The van der Waals surface area contributed by atoms with Gasteiger partial charge in [-0.15, -0.1) is 10.2 Å². The molecule has 3 rings (SSSR count). The number of aromatic nitrogens is 1. The number of amides is 2. The molecule has 1 atom stereocenters. The summed E-state index contributed by atoms with van der Waals surface area (Å²) in [6.07, 6.45) is 0.180. The number of methoxy groups -OCH3 is 1. The molecule has 130 valence electrons. The molecule has 0 aromatic carbocycles. The lowest BCUT2D eigenvalue weighted by molar-refractivity contribution is -0.136. The fraction of sp³-hybridized carbons (Fsp3) is 0.308. The SMILES string of the molecule is COC(=O)C1=NC(=Nc2cc(O)n(C3CCC(=O)NC3=O)c2O)N=N1. The van der Waals surface area contributed by atoms with Crippen molar-refractivity contribution in [2.75, 3.05) is 7.11 Å². The second-order valence-electron chi connectivity index (χ2n) is 5.09. The number of aliphatic imine (C=N–C) groups is 2. The number of rotatable bonds is 3. The number of imide groups is 1. The van der Waals surface area contributed by atoms with Gasteiger partial charge in [0.25, 0.3) is 11.8 Å². The molecule has 25 heavy (non-hydrogen) atoms. The van der Waals surface area contributed by atoms with E-state index in [4.69, 9.17) is 0 Å². The Bertz CT molecular complexity index is 867. The number of guanidine groups is 1. The first kappa shape index (κ1) is 16.3. The third kappa shape index (κ3) is 2.96. The quantitative estimate of drug-likeness (QED) is 0.509. The number of hydrogen-bond donors (Lipinski definition) is 3. The monoisotopic (exact) mass is 348 g/mol. The molecule has 1 aromatic heterocycles. The maximum atomic E-state index is 11.9. The molecule has 2 aliphatic heterocycles. The first-order valence-electron chi connectivity index (χ1n) is 7.05. The molecule has 0 bridgehead atoms. The third-order valence-corrected chi connectivity index (χ3v) is 3.52. The van der Waals surface area contributed by atoms with Crippen LogP contribution in [0.2, 0.25) is 0 Å². The maximum Gasteiger partial charge on any atom is 0.378 e. The molecular weight excluding hydrogens is 336 g/mol. The fourth-order valence-electron chi connectivity index (χ4n) is 2.37. The van der Waals surface area contributed by atoms with Crippen molar-refractivity contribution in [2.45, 2.75) is 18.9 Å². The number of carbonyl (C=O) groups is 3. The van der Waals surface area contributed by atoms with E-state index in [-0.39, 0.29) is 30.3 Å². The summed E-state index contributed by atoms with van der Waals surface area (Å²) in [6.45, 7) is 0. The predicted octanol–water partition coefficient (Wildman–Crippen LogP) is -0.0982. The Kier molecular flexibility index (Phi) is 4.00. The van der Waals surface area contributed by atoms with E-state index in [0.717, 1.165) is 17.7 Å². The number of nitrogens with one attached hydrogen (secondary N) is 1. The summed E-state index contributed by atoms with van der Waals surface area (Å²) >= 11 is 0. The summed E-state index contributed by atoms with van der Waals surface area (Å²) in [5.74, 6) is -3.38. The zero-order chi connectivity index (χ0) is 18.1. The molecule has 0 aliphatic carbocycles. The van der Waals surface area contributed by atoms with Gasteiger partial charge in [0.05, 0.1) is 7.11 Å². The first-order chi connectivity index (χ1) is 11.9. The van der Waals surface area contributed by atoms with E-state index in [1.54, 1.807) is 0 Å². The zero-order valence-electron chi connectivity index (χ0n) is 12.8. The van der Waals surface area contributed by atoms with E-state index >= 15 is 0 Å². The molecule has 0 spiro atoms. The van der Waals surface area contributed by atoms with Gasteiger partial charge in [0.1, 0.15) is 11.7 Å². The predicted molar refractivity (Wildman–Crippen MR) is 80.6 cm³/mol. The average Bonchev–Trinajstić information content (AvgIpc) is 3.13. The molecule has 1 unspecified atom stereocenters. The van der Waals surface area contributed by atoms with E-state index < -0.39 is 35.6 Å². The highest BCUT2D eigenvalue weighted by atomic mass is 16.5. The summed E-state index contributed by atoms with van der Waals surface area (Å²) in [4.78, 5) is 42.0. The van der Waals surface area contributed by atoms with Gasteiger partial charge in [-0.3, -0.25) is 19.5 Å². The Labute approximate surface area is 139 Å². The van der Waals surface area contributed by atoms with Crippen LogP contribution in [0.3, 0.4) is 0 Å². The topological polar surface area (TPSA) is 167 Å². The van der Waals surface area contributed by atoms with Gasteiger partial charge >= 0.3 is 5.97 Å². The summed E-state index contributed by atoms with van der Waals surface area (Å²) in [7, 11) is 1.15. The Balaban J connectivity index is 1.91. The van der Waals surface area contributed by atoms with Crippen LogP contribution in [0.25, 0.3) is 0 Å². The van der Waals surface area contributed by atoms with Gasteiger partial charge in [0.2, 0.25) is 17.7 Å². The first-order valence-corrected chi connectivity index (χ1v) is 7.05. The van der Waals surface area contributed by atoms with Crippen LogP contribution in [0, 0.1) is 0 Å². The van der Waals surface area contributed by atoms with Crippen molar-refractivity contribution in [3.05, 3.63) is 6.07 Å². The van der Waals surface area contributed by atoms with Crippen LogP contribution < -0.4 is 5.32 Å². The van der Waals surface area contributed by atoms with Gasteiger partial charge < -0.3 is 14.9 Å². The number of aromatic hydroxyl groups is 2. The molecule has 2 aliphatic rings. The number of azo groups is 1. The largest absolute Gasteiger partial charge is 0.494 e. The smallest absolute Gasteiger partial charge is 0.378 e. The molecule has 12 nitrogen and oxygen atoms in total. The van der Waals surface area contributed by atoms with Gasteiger partial charge in [-0.05, 0) is 6.42 Å². The van der Waals surface area contributed by atoms with E-state index in [1.807, 2.05) is 0 Å². The van der Waals surface area contributed by atoms with Crippen molar-refractivity contribution in [3.8, 4) is 11.8 Å². The minimum Gasteiger partial charge on any atom is -0.494 e. The summed E-state index contributed by atoms with van der Waals surface area (Å²) < 4.78 is 5.38. The van der Waals surface area contributed by atoms with E-state index in [9.17, 15) is 24.6 Å². The van der Waals surface area contributed by atoms with Gasteiger partial charge in [-0.25, -0.2) is 9.79 Å². The lowest BCUT2D eigenvalue weighted by Gasteiger charge is -2.23. The number of hydrogen-bond acceptors (Lipinski definition) is 8. The lowest BCUT2D eigenvalue weighted by Crippen LogP contribution is -2.41. The Hall–Kier alpha value is -3.57. The van der Waals surface area contributed by atoms with Crippen molar-refractivity contribution in [3.63, 3.8) is 0 Å². The number of amidine groups is 1. The molecule has 0 saturated carbocycles. The van der Waals surface area contributed by atoms with Crippen LogP contribution >= 0.6 is 0 Å². The van der Waals surface area contributed by atoms with Gasteiger partial charge in [0.15, 0.2) is 5.88 Å². The standard InChI is InChI=1S/C13H12N6O6/c1-25-12(24)9-16-13(18-17-9)14-5-4-8(21)19(11(5)23)6-2-3-7(20)15-10(6)22/h4,6,21,23H,2-3H2,1H3,(H,15,20,22). The van der Waals surface area contributed by atoms with E-state index in [1.165, 1.54) is 0 Å². The Morgan fingerprint density at radius 2 is 2.16 bits per heavy atom. The van der Waals surface area contributed by atoms with Crippen LogP contribution in [0.5, 0.6) is 11.8 Å². The highest BCUT2D eigenvalue weighted by Gasteiger charge is 2.32. The number of esters is 1. The average molecular weight is 348 g/mol. The van der Waals surface area contributed by atoms with E-state index in [2.05, 4.69) is 30.3 Å². The van der Waals surface area contributed by atoms with Crippen molar-refractivity contribution in [1.29, 1.82) is 0 Å². The normalized spacial score (nSPS) is 21.4. The van der Waals surface area contributed by atoms with Gasteiger partial charge in [0, 0.05) is 12.5 Å². The summed E-state index contributed by atoms with van der Waals surface area (Å²) in [5.41, 5.74) is -0.133. The summed E-state index contributed by atoms with van der Waals surface area (Å²) in [6, 6.07) is 0.124. The maximum absolute atomic E-state index is 11.9. The molecule has 1 aromatic rings. The Morgan fingerprint density at radius 3 is 2.84 bits per heavy atom. The molecule has 12 heteroatoms. The fourth-order valence-corrected chi connectivity index (χ4v) is 2.37. The van der Waals surface area contributed by atoms with Gasteiger partial charge in [-0.1, -0.05) is 0 Å². The van der Waals surface area contributed by atoms with E-state index in [0.29, 0.717) is 0 Å². The second-order valence-corrected chi connectivity index (χ2v) is 5.09. The molecule has 3 heterocycles. The number of ether oxygens (including phenoxy) is 1. The van der Waals surface area contributed by atoms with Crippen LogP contribution in [-0.2, 0) is 19.1 Å². The zero-order valence-corrected chi connectivity index (χ0v) is 12.8. The molecule has 1 fully saturated rings. The number of piperidine rings is 1. The van der Waals surface area contributed by atoms with Crippen molar-refractivity contribution < 1.29 is 29.3 Å². The van der Waals surface area contributed by atoms with Crippen LogP contribution in [0.4, 0.5) is 5.69 Å². The minimum absolute atomic E-state index is 0.0678. The van der Waals surface area contributed by atoms with Crippen molar-refractivity contribution >= 4 is 35.3 Å². The number of nitrogens with zero attached hydrogens (tertiary/aromatic N) is 5. The highest BCUT2D eigenvalue weighted by Crippen LogP contribution is 2.39. The summed E-state index contributed by atoms with van der Waals surface area (Å²) in [5, 5.41) is 29.4. The van der Waals surface area contributed by atoms with Crippen molar-refractivity contribution in [2.24, 2.45) is 20.2 Å². The highest BCUT2D eigenvalue weighted by molar-refractivity contribution is 6.38. The molecule has 0 radical (unpaired) electrons.